The average molecular weight is 174 g/mol. The van der Waals surface area contributed by atoms with Gasteiger partial charge >= 0.3 is 0 Å². The molecule has 0 aliphatic carbocycles. The van der Waals surface area contributed by atoms with Crippen molar-refractivity contribution in [2.45, 2.75) is 52.1 Å². The van der Waals surface area contributed by atoms with Gasteiger partial charge in [0.2, 0.25) is 0 Å². The van der Waals surface area contributed by atoms with Crippen LogP contribution in [0.25, 0.3) is 0 Å². The Labute approximate surface area is 75.9 Å². The van der Waals surface area contributed by atoms with E-state index in [0.717, 1.165) is 38.9 Å². The third-order valence-corrected chi connectivity index (χ3v) is 1.92. The number of hydrogen-bond acceptors (Lipinski definition) is 2. The maximum atomic E-state index is 9.42. The first-order chi connectivity index (χ1) is 5.81. The number of aliphatic hydroxyl groups excluding tert-OH is 1. The van der Waals surface area contributed by atoms with Crippen molar-refractivity contribution in [2.75, 3.05) is 13.2 Å². The summed E-state index contributed by atoms with van der Waals surface area (Å²) in [5.74, 6) is 0. The van der Waals surface area contributed by atoms with E-state index in [-0.39, 0.29) is 6.10 Å². The number of ether oxygens (including phenoxy) is 1. The second kappa shape index (κ2) is 9.01. The molecule has 0 amide bonds. The van der Waals surface area contributed by atoms with Gasteiger partial charge in [0.1, 0.15) is 0 Å². The Morgan fingerprint density at radius 2 is 1.83 bits per heavy atom. The molecule has 1 atom stereocenters. The highest BCUT2D eigenvalue weighted by molar-refractivity contribution is 4.54. The second-order valence-electron chi connectivity index (χ2n) is 3.14. The van der Waals surface area contributed by atoms with Gasteiger partial charge in [-0.1, -0.05) is 19.8 Å². The van der Waals surface area contributed by atoms with Crippen molar-refractivity contribution >= 4 is 0 Å². The van der Waals surface area contributed by atoms with Gasteiger partial charge in [-0.3, -0.25) is 0 Å². The summed E-state index contributed by atoms with van der Waals surface area (Å²) in [4.78, 5) is 0. The predicted molar refractivity (Wildman–Crippen MR) is 51.3 cm³/mol. The highest BCUT2D eigenvalue weighted by atomic mass is 16.5. The molecule has 12 heavy (non-hydrogen) atoms. The third kappa shape index (κ3) is 8.02. The number of unbranched alkanes of at least 4 members (excludes halogenated alkanes) is 1. The summed E-state index contributed by atoms with van der Waals surface area (Å²) < 4.78 is 5.18. The van der Waals surface area contributed by atoms with Crippen molar-refractivity contribution in [2.24, 2.45) is 0 Å². The van der Waals surface area contributed by atoms with Crippen molar-refractivity contribution < 1.29 is 9.84 Å². The molecule has 0 aromatic carbocycles. The predicted octanol–water partition coefficient (Wildman–Crippen LogP) is 2.35. The fourth-order valence-electron chi connectivity index (χ4n) is 1.15. The van der Waals surface area contributed by atoms with Crippen LogP contribution in [0.1, 0.15) is 46.0 Å². The summed E-state index contributed by atoms with van der Waals surface area (Å²) in [6.45, 7) is 5.71. The Balaban J connectivity index is 3.02. The van der Waals surface area contributed by atoms with Gasteiger partial charge in [0, 0.05) is 13.2 Å². The molecule has 2 nitrogen and oxygen atoms in total. The molecule has 1 N–H and O–H groups in total. The number of rotatable bonds is 8. The largest absolute Gasteiger partial charge is 0.393 e. The third-order valence-electron chi connectivity index (χ3n) is 1.92. The van der Waals surface area contributed by atoms with E-state index in [0.29, 0.717) is 0 Å². The minimum absolute atomic E-state index is 0.106. The van der Waals surface area contributed by atoms with Gasteiger partial charge in [0.25, 0.3) is 0 Å². The smallest absolute Gasteiger partial charge is 0.0541 e. The lowest BCUT2D eigenvalue weighted by molar-refractivity contribution is 0.109. The van der Waals surface area contributed by atoms with Crippen molar-refractivity contribution in [3.8, 4) is 0 Å². The standard InChI is InChI=1S/C10H22O2/c1-3-5-7-10(11)8-6-9-12-4-2/h10-11H,3-9H2,1-2H3. The van der Waals surface area contributed by atoms with E-state index in [4.69, 9.17) is 4.74 Å². The van der Waals surface area contributed by atoms with Crippen molar-refractivity contribution in [1.29, 1.82) is 0 Å². The molecule has 0 saturated heterocycles. The average Bonchev–Trinajstić information content (AvgIpc) is 2.09. The van der Waals surface area contributed by atoms with Crippen molar-refractivity contribution in [3.63, 3.8) is 0 Å². The van der Waals surface area contributed by atoms with Gasteiger partial charge in [0.15, 0.2) is 0 Å². The molecule has 0 fully saturated rings. The molecule has 0 heterocycles. The zero-order valence-corrected chi connectivity index (χ0v) is 8.38. The van der Waals surface area contributed by atoms with Crippen LogP contribution in [0.15, 0.2) is 0 Å². The molecule has 2 heteroatoms. The van der Waals surface area contributed by atoms with Crippen LogP contribution in [0.4, 0.5) is 0 Å². The minimum Gasteiger partial charge on any atom is -0.393 e. The normalized spacial score (nSPS) is 13.2. The minimum atomic E-state index is -0.106. The van der Waals surface area contributed by atoms with Crippen LogP contribution in [0.5, 0.6) is 0 Å². The van der Waals surface area contributed by atoms with Crippen LogP contribution in [-0.2, 0) is 4.74 Å². The molecule has 0 aliphatic rings. The molecule has 1 unspecified atom stereocenters. The lowest BCUT2D eigenvalue weighted by atomic mass is 10.1. The summed E-state index contributed by atoms with van der Waals surface area (Å²) in [6, 6.07) is 0. The fraction of sp³-hybridized carbons (Fsp3) is 1.00. The molecular weight excluding hydrogens is 152 g/mol. The summed E-state index contributed by atoms with van der Waals surface area (Å²) in [7, 11) is 0. The zero-order valence-electron chi connectivity index (χ0n) is 8.38. The molecule has 0 aliphatic heterocycles. The molecule has 74 valence electrons. The first kappa shape index (κ1) is 11.9. The van der Waals surface area contributed by atoms with E-state index in [2.05, 4.69) is 6.92 Å². The van der Waals surface area contributed by atoms with Crippen molar-refractivity contribution in [3.05, 3.63) is 0 Å². The van der Waals surface area contributed by atoms with E-state index in [1.54, 1.807) is 0 Å². The number of hydrogen-bond donors (Lipinski definition) is 1. The van der Waals surface area contributed by atoms with Gasteiger partial charge < -0.3 is 9.84 Å². The Bertz CT molecular complexity index is 83.9. The van der Waals surface area contributed by atoms with E-state index in [1.807, 2.05) is 6.92 Å². The molecule has 0 saturated carbocycles. The van der Waals surface area contributed by atoms with Gasteiger partial charge in [-0.25, -0.2) is 0 Å². The maximum Gasteiger partial charge on any atom is 0.0541 e. The van der Waals surface area contributed by atoms with Gasteiger partial charge in [-0.15, -0.1) is 0 Å². The quantitative estimate of drug-likeness (QED) is 0.572. The summed E-state index contributed by atoms with van der Waals surface area (Å²) >= 11 is 0. The second-order valence-corrected chi connectivity index (χ2v) is 3.14. The Kier molecular flexibility index (Phi) is 8.95. The Morgan fingerprint density at radius 3 is 2.42 bits per heavy atom. The van der Waals surface area contributed by atoms with E-state index in [9.17, 15) is 5.11 Å². The highest BCUT2D eigenvalue weighted by Crippen LogP contribution is 2.06. The molecular formula is C10H22O2. The van der Waals surface area contributed by atoms with Crippen LogP contribution >= 0.6 is 0 Å². The van der Waals surface area contributed by atoms with Gasteiger partial charge in [-0.2, -0.15) is 0 Å². The zero-order chi connectivity index (χ0) is 9.23. The summed E-state index contributed by atoms with van der Waals surface area (Å²) in [5.41, 5.74) is 0. The lowest BCUT2D eigenvalue weighted by Gasteiger charge is -2.08. The first-order valence-corrected chi connectivity index (χ1v) is 5.07. The van der Waals surface area contributed by atoms with Crippen LogP contribution in [-0.4, -0.2) is 24.4 Å². The molecule has 0 aromatic rings. The Morgan fingerprint density at radius 1 is 1.17 bits per heavy atom. The lowest BCUT2D eigenvalue weighted by Crippen LogP contribution is -2.07. The number of aliphatic hydroxyl groups is 1. The van der Waals surface area contributed by atoms with E-state index >= 15 is 0 Å². The topological polar surface area (TPSA) is 29.5 Å². The van der Waals surface area contributed by atoms with E-state index in [1.165, 1.54) is 6.42 Å². The fourth-order valence-corrected chi connectivity index (χ4v) is 1.15. The molecule has 0 aromatic heterocycles. The molecule has 0 radical (unpaired) electrons. The summed E-state index contributed by atoms with van der Waals surface area (Å²) in [5, 5.41) is 9.42. The van der Waals surface area contributed by atoms with Crippen molar-refractivity contribution in [1.82, 2.24) is 0 Å². The van der Waals surface area contributed by atoms with Crippen LogP contribution in [0.2, 0.25) is 0 Å². The Hall–Kier alpha value is -0.0800. The molecule has 0 spiro atoms. The van der Waals surface area contributed by atoms with Gasteiger partial charge in [-0.05, 0) is 26.2 Å². The maximum absolute atomic E-state index is 9.42. The molecule has 0 bridgehead atoms. The highest BCUT2D eigenvalue weighted by Gasteiger charge is 2.01. The SMILES string of the molecule is CCCCC(O)CCCOCC. The summed E-state index contributed by atoms with van der Waals surface area (Å²) in [6.07, 6.45) is 5.02. The molecule has 0 rings (SSSR count). The monoisotopic (exact) mass is 174 g/mol. The van der Waals surface area contributed by atoms with Crippen LogP contribution in [0.3, 0.4) is 0 Å². The van der Waals surface area contributed by atoms with Crippen LogP contribution in [0, 0.1) is 0 Å². The first-order valence-electron chi connectivity index (χ1n) is 5.07. The van der Waals surface area contributed by atoms with E-state index < -0.39 is 0 Å². The van der Waals surface area contributed by atoms with Crippen LogP contribution < -0.4 is 0 Å². The van der Waals surface area contributed by atoms with Gasteiger partial charge in [0.05, 0.1) is 6.10 Å².